The second-order valence-corrected chi connectivity index (χ2v) is 14.0. The summed E-state index contributed by atoms with van der Waals surface area (Å²) >= 11 is 0. The van der Waals surface area contributed by atoms with Gasteiger partial charge in [-0.05, 0) is 44.0 Å². The standard InChI is InChI=1S/C18H24O2SSi/c1-13-11-14(2)18(15(3)12-13)21(19,20)16-7-9-17(10-8-16)22(4,5)6/h7-12H,1-6H3. The molecule has 0 aliphatic heterocycles. The third-order valence-electron chi connectivity index (χ3n) is 3.90. The van der Waals surface area contributed by atoms with Gasteiger partial charge in [-0.15, -0.1) is 0 Å². The van der Waals surface area contributed by atoms with E-state index in [1.807, 2.05) is 45.0 Å². The Balaban J connectivity index is 2.57. The Labute approximate surface area is 135 Å². The molecule has 22 heavy (non-hydrogen) atoms. The van der Waals surface area contributed by atoms with Gasteiger partial charge in [0, 0.05) is 0 Å². The summed E-state index contributed by atoms with van der Waals surface area (Å²) in [6.07, 6.45) is 0. The molecule has 0 amide bonds. The highest BCUT2D eigenvalue weighted by Crippen LogP contribution is 2.27. The summed E-state index contributed by atoms with van der Waals surface area (Å²) in [4.78, 5) is 0.823. The highest BCUT2D eigenvalue weighted by atomic mass is 32.2. The molecule has 2 nitrogen and oxygen atoms in total. The van der Waals surface area contributed by atoms with Crippen molar-refractivity contribution in [3.05, 3.63) is 53.1 Å². The minimum Gasteiger partial charge on any atom is -0.218 e. The summed E-state index contributed by atoms with van der Waals surface area (Å²) in [6, 6.07) is 11.3. The third-order valence-corrected chi connectivity index (χ3v) is 8.04. The smallest absolute Gasteiger partial charge is 0.207 e. The summed E-state index contributed by atoms with van der Waals surface area (Å²) in [5.41, 5.74) is 2.71. The van der Waals surface area contributed by atoms with Crippen LogP contribution in [0.15, 0.2) is 46.2 Å². The van der Waals surface area contributed by atoms with Gasteiger partial charge in [0.15, 0.2) is 0 Å². The van der Waals surface area contributed by atoms with Gasteiger partial charge in [0.1, 0.15) is 0 Å². The van der Waals surface area contributed by atoms with Gasteiger partial charge in [0.2, 0.25) is 9.84 Å². The Bertz CT molecular complexity index is 775. The number of hydrogen-bond acceptors (Lipinski definition) is 2. The minimum absolute atomic E-state index is 0.379. The molecule has 118 valence electrons. The van der Waals surface area contributed by atoms with Gasteiger partial charge in [-0.2, -0.15) is 0 Å². The van der Waals surface area contributed by atoms with E-state index in [2.05, 4.69) is 19.6 Å². The third kappa shape index (κ3) is 3.18. The molecule has 0 aliphatic carbocycles. The van der Waals surface area contributed by atoms with Crippen molar-refractivity contribution >= 4 is 23.1 Å². The van der Waals surface area contributed by atoms with Crippen LogP contribution >= 0.6 is 0 Å². The zero-order valence-electron chi connectivity index (χ0n) is 14.2. The maximum atomic E-state index is 13.0. The van der Waals surface area contributed by atoms with Crippen LogP contribution in [0.3, 0.4) is 0 Å². The molecule has 0 heterocycles. The van der Waals surface area contributed by atoms with Gasteiger partial charge in [-0.1, -0.05) is 54.7 Å². The van der Waals surface area contributed by atoms with Crippen molar-refractivity contribution in [1.29, 1.82) is 0 Å². The van der Waals surface area contributed by atoms with Gasteiger partial charge in [0.05, 0.1) is 17.9 Å². The normalized spacial score (nSPS) is 12.5. The van der Waals surface area contributed by atoms with E-state index in [0.717, 1.165) is 16.7 Å². The molecule has 0 saturated carbocycles. The van der Waals surface area contributed by atoms with Crippen LogP contribution in [0.4, 0.5) is 0 Å². The lowest BCUT2D eigenvalue weighted by atomic mass is 10.1. The summed E-state index contributed by atoms with van der Waals surface area (Å²) < 4.78 is 25.9. The number of rotatable bonds is 3. The lowest BCUT2D eigenvalue weighted by Gasteiger charge is -2.17. The van der Waals surface area contributed by atoms with Crippen molar-refractivity contribution in [3.8, 4) is 0 Å². The second kappa shape index (κ2) is 5.67. The Hall–Kier alpha value is -1.39. The Morgan fingerprint density at radius 3 is 1.68 bits per heavy atom. The Morgan fingerprint density at radius 2 is 1.27 bits per heavy atom. The Kier molecular flexibility index (Phi) is 4.37. The molecule has 0 bridgehead atoms. The lowest BCUT2D eigenvalue weighted by molar-refractivity contribution is 0.595. The summed E-state index contributed by atoms with van der Waals surface area (Å²) in [5, 5.41) is 1.27. The molecule has 4 heteroatoms. The molecule has 0 unspecified atom stereocenters. The number of hydrogen-bond donors (Lipinski definition) is 0. The van der Waals surface area contributed by atoms with E-state index < -0.39 is 17.9 Å². The quantitative estimate of drug-likeness (QED) is 0.797. The molecule has 0 spiro atoms. The molecule has 0 saturated heterocycles. The van der Waals surface area contributed by atoms with Crippen molar-refractivity contribution in [2.45, 2.75) is 50.2 Å². The largest absolute Gasteiger partial charge is 0.218 e. The first kappa shape index (κ1) is 17.0. The fourth-order valence-corrected chi connectivity index (χ4v) is 5.70. The maximum Gasteiger partial charge on any atom is 0.207 e. The average Bonchev–Trinajstić information content (AvgIpc) is 2.36. The van der Waals surface area contributed by atoms with Crippen molar-refractivity contribution < 1.29 is 8.42 Å². The molecule has 0 aliphatic rings. The van der Waals surface area contributed by atoms with Crippen LogP contribution < -0.4 is 5.19 Å². The molecule has 0 fully saturated rings. The average molecular weight is 333 g/mol. The highest BCUT2D eigenvalue weighted by Gasteiger charge is 2.23. The van der Waals surface area contributed by atoms with Gasteiger partial charge in [-0.25, -0.2) is 8.42 Å². The van der Waals surface area contributed by atoms with E-state index in [4.69, 9.17) is 0 Å². The maximum absolute atomic E-state index is 13.0. The van der Waals surface area contributed by atoms with E-state index in [1.54, 1.807) is 12.1 Å². The highest BCUT2D eigenvalue weighted by molar-refractivity contribution is 7.91. The predicted molar refractivity (Wildman–Crippen MR) is 95.5 cm³/mol. The van der Waals surface area contributed by atoms with Crippen molar-refractivity contribution in [2.75, 3.05) is 0 Å². The summed E-state index contributed by atoms with van der Waals surface area (Å²) in [7, 11) is -4.88. The molecule has 2 aromatic rings. The van der Waals surface area contributed by atoms with Crippen LogP contribution in [-0.2, 0) is 9.84 Å². The van der Waals surface area contributed by atoms with Crippen LogP contribution in [0.2, 0.25) is 19.6 Å². The molecular weight excluding hydrogens is 308 g/mol. The van der Waals surface area contributed by atoms with Crippen LogP contribution in [-0.4, -0.2) is 16.5 Å². The predicted octanol–water partition coefficient (Wildman–Crippen LogP) is 3.99. The summed E-state index contributed by atoms with van der Waals surface area (Å²) in [6.45, 7) is 12.5. The van der Waals surface area contributed by atoms with Crippen molar-refractivity contribution in [2.24, 2.45) is 0 Å². The number of aryl methyl sites for hydroxylation is 3. The molecule has 2 rings (SSSR count). The number of benzene rings is 2. The van der Waals surface area contributed by atoms with Crippen molar-refractivity contribution in [1.82, 2.24) is 0 Å². The van der Waals surface area contributed by atoms with E-state index in [-0.39, 0.29) is 0 Å². The van der Waals surface area contributed by atoms with E-state index >= 15 is 0 Å². The van der Waals surface area contributed by atoms with Crippen LogP contribution in [0, 0.1) is 20.8 Å². The number of sulfone groups is 1. The van der Waals surface area contributed by atoms with Crippen LogP contribution in [0.25, 0.3) is 0 Å². The van der Waals surface area contributed by atoms with Crippen LogP contribution in [0.1, 0.15) is 16.7 Å². The monoisotopic (exact) mass is 332 g/mol. The minimum atomic E-state index is -3.46. The van der Waals surface area contributed by atoms with Gasteiger partial charge in [0.25, 0.3) is 0 Å². The molecule has 0 radical (unpaired) electrons. The Morgan fingerprint density at radius 1 is 0.818 bits per heavy atom. The van der Waals surface area contributed by atoms with Crippen molar-refractivity contribution in [3.63, 3.8) is 0 Å². The first-order chi connectivity index (χ1) is 10.0. The van der Waals surface area contributed by atoms with Gasteiger partial charge >= 0.3 is 0 Å². The summed E-state index contributed by atoms with van der Waals surface area (Å²) in [5.74, 6) is 0. The fraction of sp³-hybridized carbons (Fsp3) is 0.333. The lowest BCUT2D eigenvalue weighted by Crippen LogP contribution is -2.37. The van der Waals surface area contributed by atoms with E-state index in [1.165, 1.54) is 5.19 Å². The second-order valence-electron chi connectivity index (χ2n) is 7.01. The fourth-order valence-electron chi connectivity index (χ4n) is 2.84. The topological polar surface area (TPSA) is 34.1 Å². The molecule has 2 aromatic carbocycles. The van der Waals surface area contributed by atoms with Gasteiger partial charge < -0.3 is 0 Å². The molecular formula is C18H24O2SSi. The molecule has 0 N–H and O–H groups in total. The van der Waals surface area contributed by atoms with Gasteiger partial charge in [-0.3, -0.25) is 0 Å². The zero-order valence-corrected chi connectivity index (χ0v) is 16.0. The van der Waals surface area contributed by atoms with E-state index in [0.29, 0.717) is 9.79 Å². The first-order valence-corrected chi connectivity index (χ1v) is 12.5. The SMILES string of the molecule is Cc1cc(C)c(S(=O)(=O)c2ccc([Si](C)(C)C)cc2)c(C)c1. The zero-order chi connectivity index (χ0) is 16.7. The molecule has 0 aromatic heterocycles. The molecule has 0 atom stereocenters. The van der Waals surface area contributed by atoms with E-state index in [9.17, 15) is 8.42 Å². The first-order valence-electron chi connectivity index (χ1n) is 7.47. The van der Waals surface area contributed by atoms with Crippen LogP contribution in [0.5, 0.6) is 0 Å².